The average molecular weight is 351 g/mol. The topological polar surface area (TPSA) is 84.5 Å². The van der Waals surface area contributed by atoms with Gasteiger partial charge in [-0.2, -0.15) is 8.42 Å². The number of anilines is 1. The van der Waals surface area contributed by atoms with Gasteiger partial charge in [0.05, 0.1) is 12.3 Å². The Hall–Kier alpha value is -1.28. The van der Waals surface area contributed by atoms with Crippen molar-refractivity contribution in [2.45, 2.75) is 18.7 Å². The molecule has 0 spiro atoms. The highest BCUT2D eigenvalue weighted by molar-refractivity contribution is 9.09. The van der Waals surface area contributed by atoms with E-state index in [1.165, 1.54) is 0 Å². The van der Waals surface area contributed by atoms with Crippen LogP contribution in [0.15, 0.2) is 24.3 Å². The van der Waals surface area contributed by atoms with E-state index in [2.05, 4.69) is 25.4 Å². The molecule has 2 N–H and O–H groups in total. The summed E-state index contributed by atoms with van der Waals surface area (Å²) in [6.07, 6.45) is -1.01. The van der Waals surface area contributed by atoms with Gasteiger partial charge in [-0.05, 0) is 25.5 Å². The molecular formula is C11H15BrN2O4S. The summed E-state index contributed by atoms with van der Waals surface area (Å²) in [5.41, 5.74) is 1.15. The van der Waals surface area contributed by atoms with Gasteiger partial charge in [0.15, 0.2) is 0 Å². The van der Waals surface area contributed by atoms with Gasteiger partial charge in [0, 0.05) is 4.83 Å². The number of carbonyl (C=O) groups is 1. The van der Waals surface area contributed by atoms with Gasteiger partial charge >= 0.3 is 16.3 Å². The van der Waals surface area contributed by atoms with E-state index in [9.17, 15) is 13.2 Å². The first-order valence-electron chi connectivity index (χ1n) is 5.56. The third kappa shape index (κ3) is 5.07. The van der Waals surface area contributed by atoms with Gasteiger partial charge in [-0.15, -0.1) is 0 Å². The van der Waals surface area contributed by atoms with Crippen LogP contribution in [0.2, 0.25) is 0 Å². The number of hydrogen-bond acceptors (Lipinski definition) is 4. The molecule has 1 rings (SSSR count). The summed E-state index contributed by atoms with van der Waals surface area (Å²) in [7, 11) is -4.01. The molecule has 8 heteroatoms. The number of rotatable bonds is 5. The van der Waals surface area contributed by atoms with E-state index in [0.717, 1.165) is 5.56 Å². The maximum Gasteiger partial charge on any atom is 0.422 e. The standard InChI is InChI=1S/C11H15BrN2O4S/c1-3-18-11(15)14-19(16,17)13-10-7-5-4-6-9(10)8(2)12/h4-8,13H,3H2,1-2H3,(H,14,15). The monoisotopic (exact) mass is 350 g/mol. The Morgan fingerprint density at radius 1 is 1.42 bits per heavy atom. The smallest absolute Gasteiger partial charge is 0.422 e. The number of benzene rings is 1. The fourth-order valence-corrected chi connectivity index (χ4v) is 2.58. The molecule has 1 unspecified atom stereocenters. The van der Waals surface area contributed by atoms with Crippen LogP contribution in [-0.4, -0.2) is 21.1 Å². The van der Waals surface area contributed by atoms with Crippen molar-refractivity contribution in [3.63, 3.8) is 0 Å². The molecule has 0 aliphatic heterocycles. The van der Waals surface area contributed by atoms with E-state index >= 15 is 0 Å². The fourth-order valence-electron chi connectivity index (χ4n) is 1.38. The van der Waals surface area contributed by atoms with E-state index in [1.807, 2.05) is 6.92 Å². The van der Waals surface area contributed by atoms with Gasteiger partial charge in [-0.25, -0.2) is 9.52 Å². The number of hydrogen-bond donors (Lipinski definition) is 2. The quantitative estimate of drug-likeness (QED) is 0.799. The molecule has 0 aliphatic carbocycles. The molecule has 1 aromatic carbocycles. The molecule has 1 aromatic rings. The van der Waals surface area contributed by atoms with Gasteiger partial charge < -0.3 is 4.74 Å². The molecule has 106 valence electrons. The Labute approximate surface area is 120 Å². The van der Waals surface area contributed by atoms with Crippen molar-refractivity contribution in [3.05, 3.63) is 29.8 Å². The lowest BCUT2D eigenvalue weighted by atomic mass is 10.1. The summed E-state index contributed by atoms with van der Waals surface area (Å²) in [6, 6.07) is 6.88. The predicted octanol–water partition coefficient (Wildman–Crippen LogP) is 2.55. The van der Waals surface area contributed by atoms with Crippen molar-refractivity contribution in [1.82, 2.24) is 4.72 Å². The van der Waals surface area contributed by atoms with Crippen molar-refractivity contribution in [2.75, 3.05) is 11.3 Å². The molecule has 0 aromatic heterocycles. The van der Waals surface area contributed by atoms with Gasteiger partial charge in [0.2, 0.25) is 0 Å². The van der Waals surface area contributed by atoms with E-state index in [0.29, 0.717) is 5.69 Å². The van der Waals surface area contributed by atoms with E-state index < -0.39 is 16.3 Å². The van der Waals surface area contributed by atoms with E-state index in [1.54, 1.807) is 35.9 Å². The number of nitrogens with one attached hydrogen (secondary N) is 2. The summed E-state index contributed by atoms with van der Waals surface area (Å²) >= 11 is 3.37. The molecule has 0 aliphatic rings. The second-order valence-corrected chi connectivity index (χ2v) is 6.42. The first kappa shape index (κ1) is 15.8. The van der Waals surface area contributed by atoms with Crippen molar-refractivity contribution < 1.29 is 17.9 Å². The zero-order chi connectivity index (χ0) is 14.5. The van der Waals surface area contributed by atoms with Crippen molar-refractivity contribution in [3.8, 4) is 0 Å². The van der Waals surface area contributed by atoms with Crippen LogP contribution in [-0.2, 0) is 14.9 Å². The zero-order valence-electron chi connectivity index (χ0n) is 10.5. The molecular weight excluding hydrogens is 336 g/mol. The third-order valence-electron chi connectivity index (χ3n) is 2.13. The number of ether oxygens (including phenoxy) is 1. The summed E-state index contributed by atoms with van der Waals surface area (Å²) in [5.74, 6) is 0. The lowest BCUT2D eigenvalue weighted by Crippen LogP contribution is -2.36. The summed E-state index contributed by atoms with van der Waals surface area (Å²) in [4.78, 5) is 11.1. The maximum absolute atomic E-state index is 11.7. The van der Waals surface area contributed by atoms with Crippen LogP contribution in [0.25, 0.3) is 0 Å². The molecule has 0 saturated carbocycles. The molecule has 1 amide bonds. The molecule has 0 heterocycles. The molecule has 19 heavy (non-hydrogen) atoms. The Kier molecular flexibility index (Phi) is 5.61. The SMILES string of the molecule is CCOC(=O)NS(=O)(=O)Nc1ccccc1C(C)Br. The summed E-state index contributed by atoms with van der Waals surface area (Å²) in [5, 5.41) is 0. The van der Waals surface area contributed by atoms with Crippen LogP contribution >= 0.6 is 15.9 Å². The normalized spacial score (nSPS) is 12.6. The minimum absolute atomic E-state index is 0.0333. The second-order valence-electron chi connectivity index (χ2n) is 3.63. The largest absolute Gasteiger partial charge is 0.449 e. The first-order chi connectivity index (χ1) is 8.85. The fraction of sp³-hybridized carbons (Fsp3) is 0.364. The van der Waals surface area contributed by atoms with Crippen molar-refractivity contribution in [2.24, 2.45) is 0 Å². The second kappa shape index (κ2) is 6.76. The zero-order valence-corrected chi connectivity index (χ0v) is 12.9. The van der Waals surface area contributed by atoms with Gasteiger partial charge in [-0.3, -0.25) is 4.72 Å². The first-order valence-corrected chi connectivity index (χ1v) is 7.96. The van der Waals surface area contributed by atoms with Crippen molar-refractivity contribution >= 4 is 37.9 Å². The lowest BCUT2D eigenvalue weighted by molar-refractivity contribution is 0.159. The summed E-state index contributed by atoms with van der Waals surface area (Å²) < 4.78 is 32.0. The minimum Gasteiger partial charge on any atom is -0.449 e. The average Bonchev–Trinajstić information content (AvgIpc) is 2.28. The van der Waals surface area contributed by atoms with Gasteiger partial charge in [0.1, 0.15) is 0 Å². The van der Waals surface area contributed by atoms with Crippen LogP contribution in [0.5, 0.6) is 0 Å². The molecule has 0 bridgehead atoms. The van der Waals surface area contributed by atoms with Crippen LogP contribution in [0.4, 0.5) is 10.5 Å². The highest BCUT2D eigenvalue weighted by Gasteiger charge is 2.17. The van der Waals surface area contributed by atoms with Crippen LogP contribution in [0, 0.1) is 0 Å². The molecule has 0 saturated heterocycles. The summed E-state index contributed by atoms with van der Waals surface area (Å²) in [6.45, 7) is 3.55. The van der Waals surface area contributed by atoms with Crippen LogP contribution < -0.4 is 9.44 Å². The van der Waals surface area contributed by atoms with Crippen LogP contribution in [0.1, 0.15) is 24.2 Å². The van der Waals surface area contributed by atoms with Crippen molar-refractivity contribution in [1.29, 1.82) is 0 Å². The Balaban J connectivity index is 2.87. The maximum atomic E-state index is 11.7. The highest BCUT2D eigenvalue weighted by atomic mass is 79.9. The molecule has 0 fully saturated rings. The molecule has 1 atom stereocenters. The molecule has 6 nitrogen and oxygen atoms in total. The minimum atomic E-state index is -4.01. The van der Waals surface area contributed by atoms with E-state index in [4.69, 9.17) is 0 Å². The predicted molar refractivity (Wildman–Crippen MR) is 76.5 cm³/mol. The number of para-hydroxylation sites is 1. The molecule has 0 radical (unpaired) electrons. The van der Waals surface area contributed by atoms with Gasteiger partial charge in [0.25, 0.3) is 0 Å². The number of alkyl halides is 1. The third-order valence-corrected chi connectivity index (χ3v) is 3.54. The highest BCUT2D eigenvalue weighted by Crippen LogP contribution is 2.28. The van der Waals surface area contributed by atoms with E-state index in [-0.39, 0.29) is 11.4 Å². The Bertz CT molecular complexity index is 545. The number of carbonyl (C=O) groups excluding carboxylic acids is 1. The number of amides is 1. The Morgan fingerprint density at radius 3 is 2.63 bits per heavy atom. The Morgan fingerprint density at radius 2 is 2.05 bits per heavy atom. The number of halogens is 1. The lowest BCUT2D eigenvalue weighted by Gasteiger charge is -2.14. The van der Waals surface area contributed by atoms with Crippen LogP contribution in [0.3, 0.4) is 0 Å². The van der Waals surface area contributed by atoms with Gasteiger partial charge in [-0.1, -0.05) is 34.1 Å².